The summed E-state index contributed by atoms with van der Waals surface area (Å²) >= 11 is 4.37. The lowest BCUT2D eigenvalue weighted by Gasteiger charge is -2.13. The summed E-state index contributed by atoms with van der Waals surface area (Å²) in [5.41, 5.74) is 1.78. The van der Waals surface area contributed by atoms with Crippen LogP contribution < -0.4 is 9.47 Å². The molecule has 148 valence electrons. The Labute approximate surface area is 182 Å². The van der Waals surface area contributed by atoms with Gasteiger partial charge >= 0.3 is 0 Å². The van der Waals surface area contributed by atoms with E-state index >= 15 is 0 Å². The minimum atomic E-state index is -0.293. The van der Waals surface area contributed by atoms with Crippen LogP contribution in [0.25, 0.3) is 6.08 Å². The summed E-state index contributed by atoms with van der Waals surface area (Å²) in [5, 5.41) is -0.266. The Balaban J connectivity index is 1.78. The highest BCUT2D eigenvalue weighted by molar-refractivity contribution is 9.10. The molecule has 1 aliphatic heterocycles. The molecule has 0 bridgehead atoms. The van der Waals surface area contributed by atoms with Gasteiger partial charge in [-0.15, -0.1) is 6.42 Å². The van der Waals surface area contributed by atoms with Crippen LogP contribution >= 0.6 is 27.7 Å². The van der Waals surface area contributed by atoms with E-state index in [9.17, 15) is 9.59 Å². The smallest absolute Gasteiger partial charge is 0.293 e. The molecule has 0 unspecified atom stereocenters. The lowest BCUT2D eigenvalue weighted by molar-refractivity contribution is -0.122. The number of amides is 2. The van der Waals surface area contributed by atoms with Crippen molar-refractivity contribution < 1.29 is 19.1 Å². The molecule has 2 amide bonds. The Morgan fingerprint density at radius 3 is 2.69 bits per heavy atom. The molecule has 5 nitrogen and oxygen atoms in total. The second kappa shape index (κ2) is 9.68. The number of carbonyl (C=O) groups excluding carboxylic acids is 2. The average molecular weight is 472 g/mol. The Morgan fingerprint density at radius 2 is 2.00 bits per heavy atom. The first-order valence-corrected chi connectivity index (χ1v) is 10.4. The highest BCUT2D eigenvalue weighted by atomic mass is 79.9. The van der Waals surface area contributed by atoms with Gasteiger partial charge < -0.3 is 9.47 Å². The molecule has 3 rings (SSSR count). The molecule has 1 heterocycles. The number of hydrogen-bond acceptors (Lipinski definition) is 5. The number of ether oxygens (including phenoxy) is 2. The molecule has 7 heteroatoms. The van der Waals surface area contributed by atoms with Crippen molar-refractivity contribution in [3.8, 4) is 23.8 Å². The summed E-state index contributed by atoms with van der Waals surface area (Å²) in [7, 11) is 1.52. The third-order valence-electron chi connectivity index (χ3n) is 4.19. The minimum Gasteiger partial charge on any atom is -0.493 e. The highest BCUT2D eigenvalue weighted by Gasteiger charge is 2.34. The lowest BCUT2D eigenvalue weighted by Crippen LogP contribution is -2.30. The van der Waals surface area contributed by atoms with Crippen LogP contribution in [0.15, 0.2) is 51.8 Å². The summed E-state index contributed by atoms with van der Waals surface area (Å²) in [6, 6.07) is 13.3. The largest absolute Gasteiger partial charge is 0.493 e. The summed E-state index contributed by atoms with van der Waals surface area (Å²) in [6.07, 6.45) is 7.53. The highest BCUT2D eigenvalue weighted by Crippen LogP contribution is 2.39. The zero-order chi connectivity index (χ0) is 20.8. The second-order valence-electron chi connectivity index (χ2n) is 6.10. The zero-order valence-corrected chi connectivity index (χ0v) is 18.1. The molecule has 0 aromatic heterocycles. The lowest BCUT2D eigenvalue weighted by atomic mass is 10.1. The van der Waals surface area contributed by atoms with E-state index in [1.165, 1.54) is 12.0 Å². The molecular weight excluding hydrogens is 454 g/mol. The zero-order valence-electron chi connectivity index (χ0n) is 15.7. The molecule has 29 heavy (non-hydrogen) atoms. The topological polar surface area (TPSA) is 55.8 Å². The van der Waals surface area contributed by atoms with Gasteiger partial charge in [-0.3, -0.25) is 14.5 Å². The van der Waals surface area contributed by atoms with Crippen molar-refractivity contribution in [1.82, 2.24) is 4.90 Å². The number of benzene rings is 2. The molecule has 2 aromatic rings. The fraction of sp³-hybridized carbons (Fsp3) is 0.182. The summed E-state index contributed by atoms with van der Waals surface area (Å²) in [4.78, 5) is 26.7. The molecule has 1 aliphatic rings. The standard InChI is InChI=1S/C22H18BrNO4S/c1-3-11-28-20-17(23)12-16(13-18(20)27-2)14-19-21(25)24(22(26)29-19)10-9-15-7-5-4-6-8-15/h1,4-8,12-14H,9-11H2,2H3/b19-14-. The molecule has 1 fully saturated rings. The number of thioether (sulfide) groups is 1. The summed E-state index contributed by atoms with van der Waals surface area (Å²) in [5.74, 6) is 3.07. The predicted molar refractivity (Wildman–Crippen MR) is 118 cm³/mol. The van der Waals surface area contributed by atoms with Gasteiger partial charge in [-0.1, -0.05) is 36.3 Å². The molecule has 0 saturated carbocycles. The van der Waals surface area contributed by atoms with Crippen molar-refractivity contribution in [2.45, 2.75) is 6.42 Å². The Hall–Kier alpha value is -2.69. The van der Waals surface area contributed by atoms with Gasteiger partial charge in [0.05, 0.1) is 16.5 Å². The second-order valence-corrected chi connectivity index (χ2v) is 7.94. The van der Waals surface area contributed by atoms with Gasteiger partial charge in [0.2, 0.25) is 0 Å². The number of hydrogen-bond donors (Lipinski definition) is 0. The fourth-order valence-corrected chi connectivity index (χ4v) is 4.25. The van der Waals surface area contributed by atoms with Crippen LogP contribution in [-0.4, -0.2) is 36.3 Å². The maximum Gasteiger partial charge on any atom is 0.293 e. The molecule has 2 aromatic carbocycles. The molecule has 0 spiro atoms. The monoisotopic (exact) mass is 471 g/mol. The van der Waals surface area contributed by atoms with Crippen molar-refractivity contribution in [2.75, 3.05) is 20.3 Å². The first-order valence-electron chi connectivity index (χ1n) is 8.76. The average Bonchev–Trinajstić information content (AvgIpc) is 2.98. The predicted octanol–water partition coefficient (Wildman–Crippen LogP) is 4.75. The van der Waals surface area contributed by atoms with E-state index in [1.54, 1.807) is 18.2 Å². The number of methoxy groups -OCH3 is 1. The molecule has 1 saturated heterocycles. The summed E-state index contributed by atoms with van der Waals surface area (Å²) in [6.45, 7) is 0.451. The normalized spacial score (nSPS) is 14.9. The van der Waals surface area contributed by atoms with Crippen molar-refractivity contribution in [2.24, 2.45) is 0 Å². The van der Waals surface area contributed by atoms with E-state index in [0.717, 1.165) is 17.3 Å². The molecule has 0 aliphatic carbocycles. The quantitative estimate of drug-likeness (QED) is 0.430. The number of imide groups is 1. The van der Waals surface area contributed by atoms with Gasteiger partial charge in [0.25, 0.3) is 11.1 Å². The number of halogens is 1. The van der Waals surface area contributed by atoms with Gasteiger partial charge in [0.15, 0.2) is 11.5 Å². The van der Waals surface area contributed by atoms with Crippen molar-refractivity contribution in [1.29, 1.82) is 0 Å². The molecule has 0 atom stereocenters. The van der Waals surface area contributed by atoms with Crippen LogP contribution in [0.4, 0.5) is 4.79 Å². The first-order chi connectivity index (χ1) is 14.0. The third-order valence-corrected chi connectivity index (χ3v) is 5.69. The molecular formula is C22H18BrNO4S. The van der Waals surface area contributed by atoms with E-state index in [2.05, 4.69) is 21.9 Å². The van der Waals surface area contributed by atoms with Crippen molar-refractivity contribution >= 4 is 44.9 Å². The number of carbonyl (C=O) groups is 2. The van der Waals surface area contributed by atoms with E-state index < -0.39 is 0 Å². The van der Waals surface area contributed by atoms with Gasteiger partial charge in [-0.2, -0.15) is 0 Å². The Bertz CT molecular complexity index is 998. The maximum atomic E-state index is 12.7. The van der Waals surface area contributed by atoms with E-state index in [0.29, 0.717) is 39.4 Å². The van der Waals surface area contributed by atoms with Gasteiger partial charge in [-0.25, -0.2) is 0 Å². The van der Waals surface area contributed by atoms with E-state index in [1.807, 2.05) is 30.3 Å². The first kappa shape index (κ1) is 21.0. The van der Waals surface area contributed by atoms with Crippen LogP contribution in [0.1, 0.15) is 11.1 Å². The van der Waals surface area contributed by atoms with Crippen molar-refractivity contribution in [3.05, 3.63) is 63.0 Å². The SMILES string of the molecule is C#CCOc1c(Br)cc(/C=C2\SC(=O)N(CCc3ccccc3)C2=O)cc1OC. The van der Waals surface area contributed by atoms with Crippen molar-refractivity contribution in [3.63, 3.8) is 0 Å². The van der Waals surface area contributed by atoms with Crippen LogP contribution in [0.5, 0.6) is 11.5 Å². The Kier molecular flexibility index (Phi) is 7.02. The van der Waals surface area contributed by atoms with Crippen LogP contribution in [0.2, 0.25) is 0 Å². The third kappa shape index (κ3) is 5.03. The number of terminal acetylenes is 1. The Morgan fingerprint density at radius 1 is 1.24 bits per heavy atom. The minimum absolute atomic E-state index is 0.106. The van der Waals surface area contributed by atoms with Crippen LogP contribution in [0, 0.1) is 12.3 Å². The maximum absolute atomic E-state index is 12.7. The summed E-state index contributed by atoms with van der Waals surface area (Å²) < 4.78 is 11.5. The van der Waals surface area contributed by atoms with Crippen LogP contribution in [0.3, 0.4) is 0 Å². The van der Waals surface area contributed by atoms with Gasteiger partial charge in [0.1, 0.15) is 6.61 Å². The van der Waals surface area contributed by atoms with Gasteiger partial charge in [-0.05, 0) is 63.4 Å². The van der Waals surface area contributed by atoms with Crippen LogP contribution in [-0.2, 0) is 11.2 Å². The molecule has 0 N–H and O–H groups in total. The fourth-order valence-electron chi connectivity index (χ4n) is 2.81. The van der Waals surface area contributed by atoms with E-state index in [-0.39, 0.29) is 17.8 Å². The van der Waals surface area contributed by atoms with E-state index in [4.69, 9.17) is 15.9 Å². The number of rotatable bonds is 7. The van der Waals surface area contributed by atoms with Gasteiger partial charge in [0, 0.05) is 6.54 Å². The number of nitrogens with zero attached hydrogens (tertiary/aromatic N) is 1. The molecule has 0 radical (unpaired) electrons.